The molecule has 0 saturated carbocycles. The van der Waals surface area contributed by atoms with E-state index in [1.165, 1.54) is 18.2 Å². The van der Waals surface area contributed by atoms with Gasteiger partial charge in [0.25, 0.3) is 0 Å². The van der Waals surface area contributed by atoms with Gasteiger partial charge in [-0.2, -0.15) is 13.2 Å². The summed E-state index contributed by atoms with van der Waals surface area (Å²) in [5.41, 5.74) is 1.48. The Morgan fingerprint density at radius 2 is 1.59 bits per heavy atom. The molecule has 4 rings (SSSR count). The van der Waals surface area contributed by atoms with Crippen LogP contribution in [0.15, 0.2) is 59.4 Å². The second-order valence-electron chi connectivity index (χ2n) is 7.06. The third-order valence-electron chi connectivity index (χ3n) is 5.13. The fourth-order valence-electron chi connectivity index (χ4n) is 3.68. The number of alkyl halides is 3. The van der Waals surface area contributed by atoms with Crippen LogP contribution in [-0.2, 0) is 12.6 Å². The van der Waals surface area contributed by atoms with Gasteiger partial charge in [0, 0.05) is 28.9 Å². The van der Waals surface area contributed by atoms with E-state index in [1.54, 1.807) is 24.3 Å². The molecule has 0 fully saturated rings. The van der Waals surface area contributed by atoms with Crippen molar-refractivity contribution in [2.24, 2.45) is 0 Å². The van der Waals surface area contributed by atoms with Crippen molar-refractivity contribution in [3.63, 3.8) is 0 Å². The monoisotopic (exact) mass is 417 g/mol. The van der Waals surface area contributed by atoms with Crippen LogP contribution in [0.1, 0.15) is 39.5 Å². The van der Waals surface area contributed by atoms with E-state index in [2.05, 4.69) is 4.98 Å². The van der Waals surface area contributed by atoms with E-state index in [9.17, 15) is 22.8 Å². The molecule has 2 aromatic carbocycles. The smallest absolute Gasteiger partial charge is 0.358 e. The van der Waals surface area contributed by atoms with E-state index in [0.29, 0.717) is 28.4 Å². The molecule has 0 spiro atoms. The lowest BCUT2D eigenvalue weighted by Crippen LogP contribution is -2.27. The van der Waals surface area contributed by atoms with Crippen molar-refractivity contribution in [2.75, 3.05) is 0 Å². The molecule has 1 atom stereocenters. The molecular formula is C22H15ClF3NO2. The van der Waals surface area contributed by atoms with Crippen LogP contribution in [0, 0.1) is 0 Å². The van der Waals surface area contributed by atoms with Crippen LogP contribution in [0.25, 0.3) is 11.3 Å². The summed E-state index contributed by atoms with van der Waals surface area (Å²) in [4.78, 5) is 28.3. The van der Waals surface area contributed by atoms with Gasteiger partial charge in [0.1, 0.15) is 0 Å². The average Bonchev–Trinajstić information content (AvgIpc) is 2.67. The van der Waals surface area contributed by atoms with Crippen molar-refractivity contribution in [1.82, 2.24) is 4.98 Å². The summed E-state index contributed by atoms with van der Waals surface area (Å²) in [6.07, 6.45) is -3.96. The number of rotatable bonds is 2. The highest BCUT2D eigenvalue weighted by Crippen LogP contribution is 2.34. The van der Waals surface area contributed by atoms with Crippen molar-refractivity contribution in [1.29, 1.82) is 0 Å². The molecule has 0 bridgehead atoms. The number of fused-ring (bicyclic) bond motifs is 1. The van der Waals surface area contributed by atoms with E-state index in [1.807, 2.05) is 0 Å². The topological polar surface area (TPSA) is 49.9 Å². The van der Waals surface area contributed by atoms with Crippen LogP contribution in [-0.4, -0.2) is 10.8 Å². The zero-order valence-electron chi connectivity index (χ0n) is 15.0. The van der Waals surface area contributed by atoms with E-state index >= 15 is 0 Å². The lowest BCUT2D eigenvalue weighted by atomic mass is 9.81. The number of hydrogen-bond donors (Lipinski definition) is 1. The van der Waals surface area contributed by atoms with Gasteiger partial charge in [-0.3, -0.25) is 9.59 Å². The standard InChI is InChI=1S/C22H15ClF3NO2/c23-16-7-3-13(4-8-16)17-11-20(29)21-18(27-17)9-14(10-19(21)28)12-1-5-15(6-2-12)22(24,25)26/h1-8,11,14H,9-10H2,(H,27,29). The van der Waals surface area contributed by atoms with Gasteiger partial charge in [0.15, 0.2) is 11.2 Å². The second kappa shape index (κ2) is 7.19. The van der Waals surface area contributed by atoms with Crippen molar-refractivity contribution < 1.29 is 18.0 Å². The lowest BCUT2D eigenvalue weighted by Gasteiger charge is -2.24. The van der Waals surface area contributed by atoms with E-state index in [0.717, 1.165) is 17.7 Å². The number of nitrogens with one attached hydrogen (secondary N) is 1. The predicted molar refractivity (Wildman–Crippen MR) is 104 cm³/mol. The molecule has 1 unspecified atom stereocenters. The number of benzene rings is 2. The molecule has 1 heterocycles. The first kappa shape index (κ1) is 19.5. The van der Waals surface area contributed by atoms with Crippen molar-refractivity contribution in [3.05, 3.63) is 92.2 Å². The third-order valence-corrected chi connectivity index (χ3v) is 5.39. The molecule has 1 aromatic heterocycles. The Morgan fingerprint density at radius 1 is 0.931 bits per heavy atom. The molecule has 1 aliphatic carbocycles. The molecule has 29 heavy (non-hydrogen) atoms. The number of carbonyl (C=O) groups is 1. The largest absolute Gasteiger partial charge is 0.416 e. The Morgan fingerprint density at radius 3 is 2.21 bits per heavy atom. The Bertz CT molecular complexity index is 1130. The molecule has 0 saturated heterocycles. The van der Waals surface area contributed by atoms with Crippen molar-refractivity contribution >= 4 is 17.4 Å². The first-order chi connectivity index (χ1) is 13.7. The van der Waals surface area contributed by atoms with Crippen LogP contribution in [0.2, 0.25) is 5.02 Å². The first-order valence-corrected chi connectivity index (χ1v) is 9.32. The molecule has 7 heteroatoms. The maximum atomic E-state index is 12.8. The number of pyridine rings is 1. The minimum atomic E-state index is -4.41. The summed E-state index contributed by atoms with van der Waals surface area (Å²) in [6.45, 7) is 0. The summed E-state index contributed by atoms with van der Waals surface area (Å²) in [6, 6.07) is 13.1. The molecule has 3 aromatic rings. The highest BCUT2D eigenvalue weighted by atomic mass is 35.5. The van der Waals surface area contributed by atoms with Crippen LogP contribution < -0.4 is 5.43 Å². The second-order valence-corrected chi connectivity index (χ2v) is 7.49. The van der Waals surface area contributed by atoms with Gasteiger partial charge >= 0.3 is 6.18 Å². The minimum Gasteiger partial charge on any atom is -0.358 e. The fourth-order valence-corrected chi connectivity index (χ4v) is 3.81. The number of hydrogen-bond acceptors (Lipinski definition) is 2. The average molecular weight is 418 g/mol. The molecular weight excluding hydrogens is 403 g/mol. The van der Waals surface area contributed by atoms with E-state index in [4.69, 9.17) is 11.6 Å². The SMILES string of the molecule is O=C1CC(c2ccc(C(F)(F)F)cc2)Cc2[nH]c(-c3ccc(Cl)cc3)cc(=O)c21. The highest BCUT2D eigenvalue weighted by molar-refractivity contribution is 6.30. The Kier molecular flexibility index (Phi) is 4.82. The Labute approximate surface area is 169 Å². The molecule has 1 N–H and O–H groups in total. The highest BCUT2D eigenvalue weighted by Gasteiger charge is 2.32. The predicted octanol–water partition coefficient (Wildman–Crippen LogP) is 5.63. The van der Waals surface area contributed by atoms with E-state index < -0.39 is 11.7 Å². The maximum Gasteiger partial charge on any atom is 0.416 e. The van der Waals surface area contributed by atoms with Crippen LogP contribution in [0.4, 0.5) is 13.2 Å². The third kappa shape index (κ3) is 3.85. The van der Waals surface area contributed by atoms with Crippen LogP contribution in [0.3, 0.4) is 0 Å². The quantitative estimate of drug-likeness (QED) is 0.587. The fraction of sp³-hybridized carbons (Fsp3) is 0.182. The molecule has 1 aliphatic rings. The van der Waals surface area contributed by atoms with Gasteiger partial charge in [-0.25, -0.2) is 0 Å². The Balaban J connectivity index is 1.70. The lowest BCUT2D eigenvalue weighted by molar-refractivity contribution is -0.137. The number of carbonyl (C=O) groups excluding carboxylic acids is 1. The number of H-pyrrole nitrogens is 1. The van der Waals surface area contributed by atoms with Crippen LogP contribution >= 0.6 is 11.6 Å². The summed E-state index contributed by atoms with van der Waals surface area (Å²) < 4.78 is 38.4. The molecule has 148 valence electrons. The molecule has 0 radical (unpaired) electrons. The molecule has 0 amide bonds. The maximum absolute atomic E-state index is 12.8. The summed E-state index contributed by atoms with van der Waals surface area (Å²) in [7, 11) is 0. The van der Waals surface area contributed by atoms with Gasteiger partial charge in [0.2, 0.25) is 0 Å². The summed E-state index contributed by atoms with van der Waals surface area (Å²) in [5, 5.41) is 0.562. The number of aromatic amines is 1. The zero-order chi connectivity index (χ0) is 20.8. The Hall–Kier alpha value is -2.86. The van der Waals surface area contributed by atoms with Gasteiger partial charge < -0.3 is 4.98 Å². The molecule has 0 aliphatic heterocycles. The number of aromatic nitrogens is 1. The number of Topliss-reactive ketones (excluding diaryl/α,β-unsaturated/α-hetero) is 1. The normalized spacial score (nSPS) is 16.6. The van der Waals surface area contributed by atoms with Gasteiger partial charge in [-0.15, -0.1) is 0 Å². The van der Waals surface area contributed by atoms with Crippen molar-refractivity contribution in [2.45, 2.75) is 24.9 Å². The zero-order valence-corrected chi connectivity index (χ0v) is 15.8. The first-order valence-electron chi connectivity index (χ1n) is 8.95. The van der Waals surface area contributed by atoms with Crippen LogP contribution in [0.5, 0.6) is 0 Å². The molecule has 3 nitrogen and oxygen atoms in total. The van der Waals surface area contributed by atoms with E-state index in [-0.39, 0.29) is 29.1 Å². The summed E-state index contributed by atoms with van der Waals surface area (Å²) in [5.74, 6) is -0.603. The van der Waals surface area contributed by atoms with Gasteiger partial charge in [-0.05, 0) is 47.7 Å². The van der Waals surface area contributed by atoms with Gasteiger partial charge in [-0.1, -0.05) is 35.9 Å². The number of ketones is 1. The number of halogens is 4. The van der Waals surface area contributed by atoms with Crippen molar-refractivity contribution in [3.8, 4) is 11.3 Å². The van der Waals surface area contributed by atoms with Gasteiger partial charge in [0.05, 0.1) is 11.1 Å². The summed E-state index contributed by atoms with van der Waals surface area (Å²) >= 11 is 5.90. The minimum absolute atomic E-state index is 0.0851.